The second-order valence-corrected chi connectivity index (χ2v) is 4.09. The second kappa shape index (κ2) is 7.68. The Labute approximate surface area is 119 Å². The molecule has 0 unspecified atom stereocenters. The van der Waals surface area contributed by atoms with Gasteiger partial charge in [-0.15, -0.1) is 0 Å². The molecule has 0 bridgehead atoms. The number of amides is 3. The summed E-state index contributed by atoms with van der Waals surface area (Å²) in [4.78, 5) is 45.5. The van der Waals surface area contributed by atoms with E-state index in [1.807, 2.05) is 0 Å². The van der Waals surface area contributed by atoms with E-state index in [-0.39, 0.29) is 18.7 Å². The van der Waals surface area contributed by atoms with Crippen molar-refractivity contribution in [3.05, 3.63) is 24.2 Å². The first-order valence-corrected chi connectivity index (χ1v) is 5.99. The first-order chi connectivity index (χ1) is 9.90. The van der Waals surface area contributed by atoms with Crippen LogP contribution in [0.15, 0.2) is 22.8 Å². The number of furan rings is 1. The third-order valence-electron chi connectivity index (χ3n) is 2.39. The lowest BCUT2D eigenvalue weighted by atomic mass is 10.3. The molecule has 1 aromatic rings. The highest BCUT2D eigenvalue weighted by Gasteiger charge is 2.18. The van der Waals surface area contributed by atoms with E-state index in [0.717, 1.165) is 4.90 Å². The van der Waals surface area contributed by atoms with E-state index in [1.165, 1.54) is 12.3 Å². The summed E-state index contributed by atoms with van der Waals surface area (Å²) in [5, 5.41) is 11.1. The summed E-state index contributed by atoms with van der Waals surface area (Å²) < 4.78 is 4.86. The van der Waals surface area contributed by atoms with Crippen molar-refractivity contribution >= 4 is 23.7 Å². The average molecular weight is 297 g/mol. The molecule has 0 atom stereocenters. The van der Waals surface area contributed by atoms with E-state index >= 15 is 0 Å². The van der Waals surface area contributed by atoms with Gasteiger partial charge in [0.1, 0.15) is 6.54 Å². The molecule has 4 N–H and O–H groups in total. The van der Waals surface area contributed by atoms with Crippen LogP contribution in [0.2, 0.25) is 0 Å². The fraction of sp³-hybridized carbons (Fsp3) is 0.333. The highest BCUT2D eigenvalue weighted by Crippen LogP contribution is 1.99. The highest BCUT2D eigenvalue weighted by molar-refractivity contribution is 5.92. The van der Waals surface area contributed by atoms with Crippen LogP contribution in [-0.2, 0) is 14.4 Å². The highest BCUT2D eigenvalue weighted by atomic mass is 16.4. The molecule has 9 heteroatoms. The number of nitrogens with zero attached hydrogens (tertiary/aromatic N) is 1. The molecule has 0 saturated heterocycles. The topological polar surface area (TPSA) is 143 Å². The molecule has 114 valence electrons. The first-order valence-electron chi connectivity index (χ1n) is 5.99. The van der Waals surface area contributed by atoms with Gasteiger partial charge in [-0.1, -0.05) is 0 Å². The molecule has 0 radical (unpaired) electrons. The molecule has 0 saturated carbocycles. The van der Waals surface area contributed by atoms with Crippen molar-refractivity contribution in [1.82, 2.24) is 10.2 Å². The van der Waals surface area contributed by atoms with E-state index in [0.29, 0.717) is 0 Å². The van der Waals surface area contributed by atoms with Crippen LogP contribution in [0.4, 0.5) is 0 Å². The van der Waals surface area contributed by atoms with Crippen molar-refractivity contribution in [2.45, 2.75) is 6.42 Å². The van der Waals surface area contributed by atoms with Crippen LogP contribution in [0.5, 0.6) is 0 Å². The van der Waals surface area contributed by atoms with Crippen LogP contribution in [0, 0.1) is 0 Å². The minimum Gasteiger partial charge on any atom is -0.480 e. The molecule has 0 aliphatic carbocycles. The van der Waals surface area contributed by atoms with Crippen molar-refractivity contribution in [2.75, 3.05) is 19.6 Å². The van der Waals surface area contributed by atoms with E-state index in [9.17, 15) is 19.2 Å². The Kier molecular flexibility index (Phi) is 5.93. The lowest BCUT2D eigenvalue weighted by Crippen LogP contribution is -2.42. The second-order valence-electron chi connectivity index (χ2n) is 4.09. The Morgan fingerprint density at radius 2 is 2.00 bits per heavy atom. The number of nitrogens with one attached hydrogen (secondary N) is 1. The standard InChI is InChI=1S/C12H15N3O6/c13-9(16)6-15(7-11(18)19)10(17)3-4-14-12(20)8-2-1-5-21-8/h1-2,5H,3-4,6-7H2,(H2,13,16)(H,14,20)(H,18,19). The molecule has 0 aliphatic rings. The van der Waals surface area contributed by atoms with Crippen LogP contribution in [0.25, 0.3) is 0 Å². The summed E-state index contributed by atoms with van der Waals surface area (Å²) in [5.41, 5.74) is 4.94. The van der Waals surface area contributed by atoms with Crippen molar-refractivity contribution in [2.24, 2.45) is 5.73 Å². The van der Waals surface area contributed by atoms with Crippen molar-refractivity contribution < 1.29 is 28.7 Å². The third-order valence-corrected chi connectivity index (χ3v) is 2.39. The Hall–Kier alpha value is -2.84. The maximum Gasteiger partial charge on any atom is 0.323 e. The Morgan fingerprint density at radius 1 is 1.29 bits per heavy atom. The molecule has 0 aliphatic heterocycles. The van der Waals surface area contributed by atoms with Gasteiger partial charge in [-0.05, 0) is 12.1 Å². The Balaban J connectivity index is 2.44. The van der Waals surface area contributed by atoms with Gasteiger partial charge in [-0.3, -0.25) is 19.2 Å². The fourth-order valence-corrected chi connectivity index (χ4v) is 1.52. The minimum atomic E-state index is -1.26. The number of hydrogen-bond acceptors (Lipinski definition) is 5. The van der Waals surface area contributed by atoms with Gasteiger partial charge in [0.2, 0.25) is 11.8 Å². The lowest BCUT2D eigenvalue weighted by Gasteiger charge is -2.18. The van der Waals surface area contributed by atoms with Crippen LogP contribution in [0.3, 0.4) is 0 Å². The number of carbonyl (C=O) groups excluding carboxylic acids is 3. The van der Waals surface area contributed by atoms with Crippen LogP contribution in [0.1, 0.15) is 17.0 Å². The zero-order valence-electron chi connectivity index (χ0n) is 11.1. The summed E-state index contributed by atoms with van der Waals surface area (Å²) >= 11 is 0. The smallest absolute Gasteiger partial charge is 0.323 e. The van der Waals surface area contributed by atoms with Crippen molar-refractivity contribution in [1.29, 1.82) is 0 Å². The predicted octanol–water partition coefficient (Wildman–Crippen LogP) is -1.20. The van der Waals surface area contributed by atoms with Gasteiger partial charge in [-0.25, -0.2) is 0 Å². The number of carboxylic acid groups (broad SMARTS) is 1. The van der Waals surface area contributed by atoms with E-state index in [2.05, 4.69) is 5.32 Å². The van der Waals surface area contributed by atoms with Gasteiger partial charge in [-0.2, -0.15) is 0 Å². The van der Waals surface area contributed by atoms with Crippen LogP contribution >= 0.6 is 0 Å². The quantitative estimate of drug-likeness (QED) is 0.550. The lowest BCUT2D eigenvalue weighted by molar-refractivity contribution is -0.145. The molecule has 0 fully saturated rings. The normalized spacial score (nSPS) is 9.90. The maximum absolute atomic E-state index is 11.8. The van der Waals surface area contributed by atoms with Gasteiger partial charge in [0.05, 0.1) is 12.8 Å². The van der Waals surface area contributed by atoms with Crippen LogP contribution in [-0.4, -0.2) is 53.3 Å². The van der Waals surface area contributed by atoms with Crippen molar-refractivity contribution in [3.63, 3.8) is 0 Å². The molecule has 1 aromatic heterocycles. The van der Waals surface area contributed by atoms with Gasteiger partial charge < -0.3 is 25.5 Å². The number of hydrogen-bond donors (Lipinski definition) is 3. The number of nitrogens with two attached hydrogens (primary N) is 1. The monoisotopic (exact) mass is 297 g/mol. The van der Waals surface area contributed by atoms with Crippen LogP contribution < -0.4 is 11.1 Å². The molecule has 21 heavy (non-hydrogen) atoms. The molecular formula is C12H15N3O6. The van der Waals surface area contributed by atoms with E-state index in [1.54, 1.807) is 6.07 Å². The van der Waals surface area contributed by atoms with E-state index < -0.39 is 36.8 Å². The third kappa shape index (κ3) is 5.76. The predicted molar refractivity (Wildman–Crippen MR) is 69.1 cm³/mol. The Bertz CT molecular complexity index is 509. The summed E-state index contributed by atoms with van der Waals surface area (Å²) in [6.45, 7) is -1.14. The number of carboxylic acids is 1. The number of aliphatic carboxylic acids is 1. The Morgan fingerprint density at radius 3 is 2.52 bits per heavy atom. The zero-order valence-corrected chi connectivity index (χ0v) is 11.1. The fourth-order valence-electron chi connectivity index (χ4n) is 1.52. The summed E-state index contributed by atoms with van der Waals surface area (Å²) in [6, 6.07) is 3.00. The number of primary amides is 1. The summed E-state index contributed by atoms with van der Waals surface area (Å²) in [5.74, 6) is -3.07. The van der Waals surface area contributed by atoms with Gasteiger partial charge in [0.25, 0.3) is 5.91 Å². The van der Waals surface area contributed by atoms with Gasteiger partial charge in [0.15, 0.2) is 5.76 Å². The largest absolute Gasteiger partial charge is 0.480 e. The summed E-state index contributed by atoms with van der Waals surface area (Å²) in [7, 11) is 0. The molecule has 3 amide bonds. The molecule has 9 nitrogen and oxygen atoms in total. The minimum absolute atomic E-state index is 0.0206. The van der Waals surface area contributed by atoms with Crippen molar-refractivity contribution in [3.8, 4) is 0 Å². The maximum atomic E-state index is 11.8. The van der Waals surface area contributed by atoms with Gasteiger partial charge in [0, 0.05) is 13.0 Å². The molecule has 0 spiro atoms. The van der Waals surface area contributed by atoms with E-state index in [4.69, 9.17) is 15.3 Å². The SMILES string of the molecule is NC(=O)CN(CC(=O)O)C(=O)CCNC(=O)c1ccco1. The average Bonchev–Trinajstić information content (AvgIpc) is 2.90. The molecular weight excluding hydrogens is 282 g/mol. The molecule has 1 rings (SSSR count). The van der Waals surface area contributed by atoms with Gasteiger partial charge >= 0.3 is 5.97 Å². The number of carbonyl (C=O) groups is 4. The zero-order chi connectivity index (χ0) is 15.8. The molecule has 1 heterocycles. The number of rotatable bonds is 8. The summed E-state index contributed by atoms with van der Waals surface area (Å²) in [6.07, 6.45) is 1.18. The first kappa shape index (κ1) is 16.2. The molecule has 0 aromatic carbocycles.